The number of hydrogen-bond donors (Lipinski definition) is 3. The van der Waals surface area contributed by atoms with E-state index in [0.29, 0.717) is 14.8 Å². The molecular weight excluding hydrogens is 652 g/mol. The summed E-state index contributed by atoms with van der Waals surface area (Å²) >= 11 is 2.02. The number of amides is 2. The zero-order valence-corrected chi connectivity index (χ0v) is 28.9. The first-order valence-corrected chi connectivity index (χ1v) is 16.3. The lowest BCUT2D eigenvalue weighted by molar-refractivity contribution is -0.384. The number of nitro groups is 1. The van der Waals surface area contributed by atoms with Crippen LogP contribution in [0.15, 0.2) is 39.2 Å². The number of nitrogens with zero attached hydrogens (tertiary/aromatic N) is 4. The van der Waals surface area contributed by atoms with E-state index in [2.05, 4.69) is 20.0 Å². The zero-order valence-electron chi connectivity index (χ0n) is 27.2. The number of non-ortho nitro benzene ring substituents is 1. The van der Waals surface area contributed by atoms with E-state index < -0.39 is 63.9 Å². The number of aliphatic hydroxyl groups is 1. The molecule has 0 bridgehead atoms. The number of aromatic nitrogens is 2. The molecule has 1 fully saturated rings. The molecule has 1 aromatic carbocycles. The molecule has 3 N–H and O–H groups in total. The monoisotopic (exact) mass is 690 g/mol. The molecule has 2 aliphatic rings. The maximum Gasteiger partial charge on any atom is 0.356 e. The second-order valence-corrected chi connectivity index (χ2v) is 15.3. The van der Waals surface area contributed by atoms with Crippen LogP contribution in [0.4, 0.5) is 11.6 Å². The first-order chi connectivity index (χ1) is 21.8. The van der Waals surface area contributed by atoms with Crippen molar-refractivity contribution in [2.24, 2.45) is 11.8 Å². The van der Waals surface area contributed by atoms with Gasteiger partial charge in [-0.25, -0.2) is 9.59 Å². The Kier molecular flexibility index (Phi) is 10.4. The van der Waals surface area contributed by atoms with Gasteiger partial charge in [-0.2, -0.15) is 9.36 Å². The van der Waals surface area contributed by atoms with Gasteiger partial charge >= 0.3 is 11.9 Å². The molecule has 0 radical (unpaired) electrons. The number of fused-ring (bicyclic) bond motifs is 1. The van der Waals surface area contributed by atoms with Crippen LogP contribution in [0.25, 0.3) is 0 Å². The van der Waals surface area contributed by atoms with Gasteiger partial charge in [-0.05, 0) is 77.7 Å². The average Bonchev–Trinajstić information content (AvgIpc) is 3.48. The molecule has 1 unspecified atom stereocenters. The summed E-state index contributed by atoms with van der Waals surface area (Å²) in [4.78, 5) is 69.2. The number of nitrogens with one attached hydrogen (secondary N) is 2. The van der Waals surface area contributed by atoms with Gasteiger partial charge in [0.1, 0.15) is 17.9 Å². The Bertz CT molecular complexity index is 1590. The molecule has 17 heteroatoms. The van der Waals surface area contributed by atoms with Crippen molar-refractivity contribution >= 4 is 58.7 Å². The highest BCUT2D eigenvalue weighted by atomic mass is 32.2. The van der Waals surface area contributed by atoms with Gasteiger partial charge in [-0.1, -0.05) is 18.7 Å². The molecule has 0 spiro atoms. The first-order valence-electron chi connectivity index (χ1n) is 14.8. The number of thioether (sulfide) groups is 1. The number of esters is 2. The fraction of sp³-hybridized carbons (Fsp3) is 0.533. The highest BCUT2D eigenvalue weighted by molar-refractivity contribution is 8.04. The van der Waals surface area contributed by atoms with Gasteiger partial charge in [0.25, 0.3) is 11.6 Å². The molecule has 2 aliphatic heterocycles. The van der Waals surface area contributed by atoms with E-state index in [-0.39, 0.29) is 29.9 Å². The van der Waals surface area contributed by atoms with Gasteiger partial charge < -0.3 is 19.5 Å². The summed E-state index contributed by atoms with van der Waals surface area (Å²) in [7, 11) is 0. The van der Waals surface area contributed by atoms with E-state index in [1.54, 1.807) is 41.5 Å². The molecule has 47 heavy (non-hydrogen) atoms. The van der Waals surface area contributed by atoms with Crippen molar-refractivity contribution in [3.63, 3.8) is 0 Å². The van der Waals surface area contributed by atoms with Crippen molar-refractivity contribution in [3.05, 3.63) is 50.5 Å². The number of benzene rings is 1. The summed E-state index contributed by atoms with van der Waals surface area (Å²) in [6.07, 6.45) is -0.948. The molecule has 3 heterocycles. The van der Waals surface area contributed by atoms with Crippen LogP contribution in [0, 0.1) is 22.0 Å². The minimum atomic E-state index is -1.35. The highest BCUT2D eigenvalue weighted by Gasteiger charge is 2.60. The summed E-state index contributed by atoms with van der Waals surface area (Å²) in [5.74, 6) is -3.86. The lowest BCUT2D eigenvalue weighted by atomic mass is 9.79. The lowest BCUT2D eigenvalue weighted by Gasteiger charge is -2.46. The fourth-order valence-electron chi connectivity index (χ4n) is 5.18. The Morgan fingerprint density at radius 1 is 1.17 bits per heavy atom. The quantitative estimate of drug-likeness (QED) is 0.102. The lowest BCUT2D eigenvalue weighted by Crippen LogP contribution is -2.63. The summed E-state index contributed by atoms with van der Waals surface area (Å²) < 4.78 is 15.5. The number of ether oxygens (including phenoxy) is 2. The van der Waals surface area contributed by atoms with Crippen molar-refractivity contribution in [1.29, 1.82) is 0 Å². The van der Waals surface area contributed by atoms with Crippen molar-refractivity contribution in [3.8, 4) is 0 Å². The van der Waals surface area contributed by atoms with Crippen molar-refractivity contribution in [1.82, 2.24) is 19.6 Å². The van der Waals surface area contributed by atoms with Crippen LogP contribution >= 0.6 is 23.3 Å². The number of β-lactam (4-membered cyclic amide) rings is 1. The molecule has 0 saturated carbocycles. The van der Waals surface area contributed by atoms with Crippen LogP contribution in [-0.4, -0.2) is 77.4 Å². The van der Waals surface area contributed by atoms with Crippen LogP contribution in [0.1, 0.15) is 61.0 Å². The van der Waals surface area contributed by atoms with E-state index in [4.69, 9.17) is 9.47 Å². The smallest absolute Gasteiger partial charge is 0.356 e. The number of nitro benzene ring substituents is 1. The molecular formula is C30H38N6O9S2. The molecule has 2 amide bonds. The van der Waals surface area contributed by atoms with Gasteiger partial charge in [-0.15, -0.1) is 0 Å². The first kappa shape index (κ1) is 35.9. The SMILES string of the molecule is C[C@@H](O)[C@H]1C(=O)N2C(C(=O)OCc3ccc([N+](=O)[O-])cc3)=C(Sc3nc(NC(=O)C(NC(C)(C)C)C(=O)OC(C)(C)C)ns3)[C@H](C)[C@H]12. The number of carbonyl (C=O) groups excluding carboxylic acids is 4. The molecule has 1 aromatic heterocycles. The standard InChI is InChI=1S/C30H38N6O9S2/c1-14-20-18(15(2)37)24(39)35(20)21(26(41)44-13-16-9-11-17(12-10-16)36(42)43)22(14)46-28-32-27(34-47-28)31-23(38)19(33-29(3,4)5)25(40)45-30(6,7)8/h9-12,14-15,18-20,33,37H,13H2,1-8H3,(H,31,34,38)/t14-,15-,18-,19?,20-/m1/s1. The van der Waals surface area contributed by atoms with Crippen molar-refractivity contribution < 1.29 is 38.7 Å². The van der Waals surface area contributed by atoms with Crippen LogP contribution in [0.5, 0.6) is 0 Å². The number of rotatable bonds is 11. The third kappa shape index (κ3) is 8.33. The van der Waals surface area contributed by atoms with E-state index in [1.807, 2.05) is 6.92 Å². The van der Waals surface area contributed by atoms with Gasteiger partial charge in [0.05, 0.1) is 23.0 Å². The molecule has 254 valence electrons. The van der Waals surface area contributed by atoms with E-state index in [0.717, 1.165) is 23.3 Å². The van der Waals surface area contributed by atoms with E-state index >= 15 is 0 Å². The predicted octanol–water partition coefficient (Wildman–Crippen LogP) is 3.39. The van der Waals surface area contributed by atoms with Crippen LogP contribution in [0.2, 0.25) is 0 Å². The number of carbonyl (C=O) groups is 4. The summed E-state index contributed by atoms with van der Waals surface area (Å²) in [6.45, 7) is 13.6. The Morgan fingerprint density at radius 2 is 1.81 bits per heavy atom. The highest BCUT2D eigenvalue weighted by Crippen LogP contribution is 2.52. The van der Waals surface area contributed by atoms with E-state index in [1.165, 1.54) is 36.1 Å². The second-order valence-electron chi connectivity index (χ2n) is 13.3. The maximum atomic E-state index is 13.5. The topological polar surface area (TPSA) is 203 Å². The predicted molar refractivity (Wildman–Crippen MR) is 172 cm³/mol. The molecule has 2 aromatic rings. The normalized spacial score (nSPS) is 20.7. The minimum Gasteiger partial charge on any atom is -0.458 e. The fourth-order valence-corrected chi connectivity index (χ4v) is 7.01. The van der Waals surface area contributed by atoms with E-state index in [9.17, 15) is 34.4 Å². The third-order valence-electron chi connectivity index (χ3n) is 7.14. The largest absolute Gasteiger partial charge is 0.458 e. The van der Waals surface area contributed by atoms with Crippen LogP contribution < -0.4 is 10.6 Å². The zero-order chi connectivity index (χ0) is 35.0. The number of hydrogen-bond acceptors (Lipinski definition) is 14. The number of anilines is 1. The Balaban J connectivity index is 1.55. The third-order valence-corrected chi connectivity index (χ3v) is 9.18. The number of aliphatic hydroxyl groups excluding tert-OH is 1. The second kappa shape index (κ2) is 13.7. The summed E-state index contributed by atoms with van der Waals surface area (Å²) in [6, 6.07) is 3.69. The van der Waals surface area contributed by atoms with Gasteiger partial charge in [0.15, 0.2) is 10.4 Å². The van der Waals surface area contributed by atoms with Crippen molar-refractivity contribution in [2.75, 3.05) is 5.32 Å². The van der Waals surface area contributed by atoms with Gasteiger partial charge in [0, 0.05) is 28.5 Å². The van der Waals surface area contributed by atoms with Crippen LogP contribution in [0.3, 0.4) is 0 Å². The molecule has 1 saturated heterocycles. The van der Waals surface area contributed by atoms with Gasteiger partial charge in [-0.3, -0.25) is 30.3 Å². The van der Waals surface area contributed by atoms with Gasteiger partial charge in [0.2, 0.25) is 11.9 Å². The average molecular weight is 691 g/mol. The summed E-state index contributed by atoms with van der Waals surface area (Å²) in [5.41, 5.74) is -1.03. The maximum absolute atomic E-state index is 13.5. The Hall–Kier alpha value is -3.93. The van der Waals surface area contributed by atoms with Crippen LogP contribution in [-0.2, 0) is 35.3 Å². The minimum absolute atomic E-state index is 0.0106. The molecule has 5 atom stereocenters. The Labute approximate surface area is 279 Å². The molecule has 0 aliphatic carbocycles. The van der Waals surface area contributed by atoms with Crippen molar-refractivity contribution in [2.45, 2.75) is 95.7 Å². The molecule has 4 rings (SSSR count). The molecule has 15 nitrogen and oxygen atoms in total. The Morgan fingerprint density at radius 3 is 2.36 bits per heavy atom. The summed E-state index contributed by atoms with van der Waals surface area (Å²) in [5, 5.41) is 26.8.